The normalized spacial score (nSPS) is 22.6. The molecule has 128 valence electrons. The lowest BCUT2D eigenvalue weighted by molar-refractivity contribution is 0.0778. The molecule has 2 aliphatic rings. The van der Waals surface area contributed by atoms with Gasteiger partial charge in [-0.25, -0.2) is 0 Å². The van der Waals surface area contributed by atoms with E-state index >= 15 is 0 Å². The van der Waals surface area contributed by atoms with E-state index in [9.17, 15) is 4.79 Å². The van der Waals surface area contributed by atoms with Gasteiger partial charge in [0.15, 0.2) is 0 Å². The molecular formula is C18H24N4OS. The third kappa shape index (κ3) is 2.48. The molecule has 6 heteroatoms. The summed E-state index contributed by atoms with van der Waals surface area (Å²) >= 11 is 1.60. The van der Waals surface area contributed by atoms with Gasteiger partial charge in [0.25, 0.3) is 5.91 Å². The molecule has 1 saturated carbocycles. The van der Waals surface area contributed by atoms with Crippen molar-refractivity contribution in [1.82, 2.24) is 19.7 Å². The number of rotatable bonds is 3. The van der Waals surface area contributed by atoms with Gasteiger partial charge in [0.1, 0.15) is 12.2 Å². The second-order valence-corrected chi connectivity index (χ2v) is 8.48. The van der Waals surface area contributed by atoms with Gasteiger partial charge in [-0.05, 0) is 44.2 Å². The molecule has 3 heterocycles. The molecular weight excluding hydrogens is 320 g/mol. The molecule has 1 amide bonds. The fourth-order valence-corrected chi connectivity index (χ4v) is 5.38. The van der Waals surface area contributed by atoms with Crippen molar-refractivity contribution < 1.29 is 4.79 Å². The minimum Gasteiger partial charge on any atom is -0.337 e. The number of carbonyl (C=O) groups is 1. The van der Waals surface area contributed by atoms with Crippen LogP contribution in [0.4, 0.5) is 0 Å². The number of likely N-dealkylation sites (tertiary alicyclic amines) is 1. The van der Waals surface area contributed by atoms with Crippen molar-refractivity contribution in [2.45, 2.75) is 52.0 Å². The van der Waals surface area contributed by atoms with Crippen molar-refractivity contribution in [3.05, 3.63) is 34.0 Å². The lowest BCUT2D eigenvalue weighted by Crippen LogP contribution is -2.30. The van der Waals surface area contributed by atoms with Gasteiger partial charge in [-0.15, -0.1) is 21.5 Å². The zero-order valence-electron chi connectivity index (χ0n) is 14.4. The van der Waals surface area contributed by atoms with Crippen molar-refractivity contribution in [3.8, 4) is 0 Å². The molecule has 0 N–H and O–H groups in total. The Bertz CT molecular complexity index is 744. The smallest absolute Gasteiger partial charge is 0.263 e. The van der Waals surface area contributed by atoms with Gasteiger partial charge in [0.2, 0.25) is 0 Å². The SMILES string of the molecule is CCn1cnnc1C1CN(C(=O)c2ccc(C)s2)CC12CCCC2. The third-order valence-electron chi connectivity index (χ3n) is 5.78. The van der Waals surface area contributed by atoms with E-state index in [4.69, 9.17) is 0 Å². The molecule has 1 saturated heterocycles. The van der Waals surface area contributed by atoms with Gasteiger partial charge < -0.3 is 9.47 Å². The van der Waals surface area contributed by atoms with E-state index in [1.54, 1.807) is 11.3 Å². The van der Waals surface area contributed by atoms with Gasteiger partial charge in [-0.2, -0.15) is 0 Å². The lowest BCUT2D eigenvalue weighted by atomic mass is 9.76. The number of hydrogen-bond acceptors (Lipinski definition) is 4. The lowest BCUT2D eigenvalue weighted by Gasteiger charge is -2.29. The van der Waals surface area contributed by atoms with Gasteiger partial charge in [0.05, 0.1) is 4.88 Å². The van der Waals surface area contributed by atoms with Crippen LogP contribution in [0, 0.1) is 12.3 Å². The predicted molar refractivity (Wildman–Crippen MR) is 94.3 cm³/mol. The Morgan fingerprint density at radius 1 is 1.38 bits per heavy atom. The first-order valence-corrected chi connectivity index (χ1v) is 9.68. The number of carbonyl (C=O) groups excluding carboxylic acids is 1. The van der Waals surface area contributed by atoms with Crippen LogP contribution >= 0.6 is 11.3 Å². The molecule has 1 spiro atoms. The van der Waals surface area contributed by atoms with Gasteiger partial charge in [-0.1, -0.05) is 12.8 Å². The van der Waals surface area contributed by atoms with E-state index in [0.717, 1.165) is 30.3 Å². The van der Waals surface area contributed by atoms with Crippen LogP contribution in [0.25, 0.3) is 0 Å². The first-order valence-electron chi connectivity index (χ1n) is 8.86. The zero-order chi connectivity index (χ0) is 16.7. The molecule has 2 aromatic heterocycles. The van der Waals surface area contributed by atoms with E-state index in [1.165, 1.54) is 30.6 Å². The predicted octanol–water partition coefficient (Wildman–Crippen LogP) is 3.47. The van der Waals surface area contributed by atoms with E-state index in [0.29, 0.717) is 5.92 Å². The van der Waals surface area contributed by atoms with Gasteiger partial charge in [0, 0.05) is 30.4 Å². The number of aromatic nitrogens is 3. The number of thiophene rings is 1. The quantitative estimate of drug-likeness (QED) is 0.857. The molecule has 2 fully saturated rings. The fraction of sp³-hybridized carbons (Fsp3) is 0.611. The molecule has 1 aliphatic carbocycles. The van der Waals surface area contributed by atoms with Crippen LogP contribution in [0.3, 0.4) is 0 Å². The number of aryl methyl sites for hydroxylation is 2. The summed E-state index contributed by atoms with van der Waals surface area (Å²) in [6.07, 6.45) is 6.74. The molecule has 0 aromatic carbocycles. The number of hydrogen-bond donors (Lipinski definition) is 0. The number of amides is 1. The maximum Gasteiger partial charge on any atom is 0.263 e. The minimum atomic E-state index is 0.185. The van der Waals surface area contributed by atoms with Crippen LogP contribution in [0.15, 0.2) is 18.5 Å². The second-order valence-electron chi connectivity index (χ2n) is 7.19. The van der Waals surface area contributed by atoms with Crippen LogP contribution < -0.4 is 0 Å². The highest BCUT2D eigenvalue weighted by molar-refractivity contribution is 7.13. The molecule has 1 atom stereocenters. The van der Waals surface area contributed by atoms with E-state index < -0.39 is 0 Å². The molecule has 2 aromatic rings. The Morgan fingerprint density at radius 2 is 2.17 bits per heavy atom. The first kappa shape index (κ1) is 15.8. The Hall–Kier alpha value is -1.69. The van der Waals surface area contributed by atoms with Crippen LogP contribution in [0.1, 0.15) is 58.9 Å². The highest BCUT2D eigenvalue weighted by Gasteiger charge is 2.51. The van der Waals surface area contributed by atoms with E-state index in [2.05, 4.69) is 33.5 Å². The molecule has 1 aliphatic heterocycles. The summed E-state index contributed by atoms with van der Waals surface area (Å²) in [5.41, 5.74) is 0.196. The van der Waals surface area contributed by atoms with Crippen LogP contribution in [0.5, 0.6) is 0 Å². The molecule has 1 unspecified atom stereocenters. The van der Waals surface area contributed by atoms with Crippen molar-refractivity contribution in [3.63, 3.8) is 0 Å². The number of nitrogens with zero attached hydrogens (tertiary/aromatic N) is 4. The summed E-state index contributed by atoms with van der Waals surface area (Å²) in [4.78, 5) is 17.1. The van der Waals surface area contributed by atoms with E-state index in [1.807, 2.05) is 18.5 Å². The molecule has 0 radical (unpaired) electrons. The molecule has 24 heavy (non-hydrogen) atoms. The Labute approximate surface area is 146 Å². The summed E-state index contributed by atoms with van der Waals surface area (Å²) in [5.74, 6) is 1.56. The summed E-state index contributed by atoms with van der Waals surface area (Å²) in [7, 11) is 0. The fourth-order valence-electron chi connectivity index (χ4n) is 4.55. The highest BCUT2D eigenvalue weighted by Crippen LogP contribution is 2.53. The second kappa shape index (κ2) is 5.99. The van der Waals surface area contributed by atoms with Crippen LogP contribution in [0.2, 0.25) is 0 Å². The monoisotopic (exact) mass is 344 g/mol. The van der Waals surface area contributed by atoms with Crippen LogP contribution in [-0.4, -0.2) is 38.7 Å². The van der Waals surface area contributed by atoms with Crippen molar-refractivity contribution in [2.24, 2.45) is 5.41 Å². The highest BCUT2D eigenvalue weighted by atomic mass is 32.1. The summed E-state index contributed by atoms with van der Waals surface area (Å²) < 4.78 is 2.15. The van der Waals surface area contributed by atoms with Crippen molar-refractivity contribution in [2.75, 3.05) is 13.1 Å². The molecule has 5 nitrogen and oxygen atoms in total. The van der Waals surface area contributed by atoms with Gasteiger partial charge >= 0.3 is 0 Å². The summed E-state index contributed by atoms with van der Waals surface area (Å²) in [6.45, 7) is 6.70. The summed E-state index contributed by atoms with van der Waals surface area (Å²) in [6, 6.07) is 4.00. The van der Waals surface area contributed by atoms with Crippen LogP contribution in [-0.2, 0) is 6.54 Å². The standard InChI is InChI=1S/C18H24N4OS/c1-3-21-12-19-20-16(21)14-10-22(11-18(14)8-4-5-9-18)17(23)15-7-6-13(2)24-15/h6-7,12,14H,3-5,8-11H2,1-2H3. The summed E-state index contributed by atoms with van der Waals surface area (Å²) in [5, 5.41) is 8.57. The van der Waals surface area contributed by atoms with Gasteiger partial charge in [-0.3, -0.25) is 4.79 Å². The Kier molecular flexibility index (Phi) is 3.95. The largest absolute Gasteiger partial charge is 0.337 e. The molecule has 4 rings (SSSR count). The van der Waals surface area contributed by atoms with Crippen molar-refractivity contribution in [1.29, 1.82) is 0 Å². The topological polar surface area (TPSA) is 51.0 Å². The third-order valence-corrected chi connectivity index (χ3v) is 6.77. The maximum atomic E-state index is 13.0. The maximum absolute atomic E-state index is 13.0. The Morgan fingerprint density at radius 3 is 2.83 bits per heavy atom. The average Bonchev–Trinajstić information content (AvgIpc) is 3.34. The van der Waals surface area contributed by atoms with Crippen molar-refractivity contribution >= 4 is 17.2 Å². The first-order chi connectivity index (χ1) is 11.6. The van der Waals surface area contributed by atoms with E-state index in [-0.39, 0.29) is 11.3 Å². The average molecular weight is 344 g/mol. The zero-order valence-corrected chi connectivity index (χ0v) is 15.2. The minimum absolute atomic E-state index is 0.185. The Balaban J connectivity index is 1.65. The molecule has 0 bridgehead atoms.